The first-order chi connectivity index (χ1) is 9.49. The standard InChI is InChI=1S/C15H19NO4/c1-9-6-10(2)13(7-12(9)15(18)19)16-14(17)11-4-3-5-20-8-11/h6-7,11H,3-5,8H2,1-2H3,(H,16,17)(H,18,19). The van der Waals surface area contributed by atoms with E-state index in [0.29, 0.717) is 24.5 Å². The number of aryl methyl sites for hydroxylation is 2. The number of anilines is 1. The molecule has 1 amide bonds. The van der Waals surface area contributed by atoms with Crippen LogP contribution in [-0.4, -0.2) is 30.2 Å². The number of carboxylic acid groups (broad SMARTS) is 1. The average molecular weight is 277 g/mol. The second kappa shape index (κ2) is 6.05. The van der Waals surface area contributed by atoms with Gasteiger partial charge in [0.2, 0.25) is 5.91 Å². The maximum atomic E-state index is 12.1. The van der Waals surface area contributed by atoms with Crippen LogP contribution in [0.1, 0.15) is 34.3 Å². The highest BCUT2D eigenvalue weighted by Gasteiger charge is 2.22. The highest BCUT2D eigenvalue weighted by Crippen LogP contribution is 2.23. The molecule has 0 saturated carbocycles. The molecule has 5 nitrogen and oxygen atoms in total. The van der Waals surface area contributed by atoms with Crippen LogP contribution in [0.2, 0.25) is 0 Å². The minimum absolute atomic E-state index is 0.104. The average Bonchev–Trinajstić information content (AvgIpc) is 2.42. The molecule has 1 aliphatic heterocycles. The molecule has 1 heterocycles. The van der Waals surface area contributed by atoms with Gasteiger partial charge in [0, 0.05) is 12.3 Å². The number of nitrogens with one attached hydrogen (secondary N) is 1. The Kier molecular flexibility index (Phi) is 4.39. The molecule has 0 aromatic heterocycles. The number of ether oxygens (including phenoxy) is 1. The predicted octanol–water partition coefficient (Wildman–Crippen LogP) is 2.37. The zero-order valence-corrected chi connectivity index (χ0v) is 11.7. The van der Waals surface area contributed by atoms with Crippen molar-refractivity contribution in [2.75, 3.05) is 18.5 Å². The van der Waals surface area contributed by atoms with Crippen LogP contribution in [-0.2, 0) is 9.53 Å². The van der Waals surface area contributed by atoms with Crippen LogP contribution in [0, 0.1) is 19.8 Å². The molecule has 20 heavy (non-hydrogen) atoms. The summed E-state index contributed by atoms with van der Waals surface area (Å²) in [6.45, 7) is 4.74. The largest absolute Gasteiger partial charge is 0.478 e. The Morgan fingerprint density at radius 2 is 2.05 bits per heavy atom. The van der Waals surface area contributed by atoms with E-state index < -0.39 is 5.97 Å². The highest BCUT2D eigenvalue weighted by molar-refractivity contribution is 5.96. The summed E-state index contributed by atoms with van der Waals surface area (Å²) in [6.07, 6.45) is 1.69. The lowest BCUT2D eigenvalue weighted by Crippen LogP contribution is -2.30. The normalized spacial score (nSPS) is 18.6. The molecule has 1 fully saturated rings. The second-order valence-corrected chi connectivity index (χ2v) is 5.19. The highest BCUT2D eigenvalue weighted by atomic mass is 16.5. The Morgan fingerprint density at radius 3 is 2.65 bits per heavy atom. The number of carbonyl (C=O) groups is 2. The Morgan fingerprint density at radius 1 is 1.30 bits per heavy atom. The van der Waals surface area contributed by atoms with Crippen LogP contribution in [0.4, 0.5) is 5.69 Å². The fourth-order valence-electron chi connectivity index (χ4n) is 2.40. The molecule has 5 heteroatoms. The monoisotopic (exact) mass is 277 g/mol. The minimum atomic E-state index is -0.987. The molecule has 1 unspecified atom stereocenters. The van der Waals surface area contributed by atoms with Gasteiger partial charge >= 0.3 is 5.97 Å². The van der Waals surface area contributed by atoms with E-state index in [2.05, 4.69) is 5.32 Å². The summed E-state index contributed by atoms with van der Waals surface area (Å²) in [7, 11) is 0. The van der Waals surface area contributed by atoms with Crippen LogP contribution >= 0.6 is 0 Å². The number of hydrogen-bond acceptors (Lipinski definition) is 3. The van der Waals surface area contributed by atoms with E-state index in [0.717, 1.165) is 18.4 Å². The molecule has 1 aliphatic rings. The van der Waals surface area contributed by atoms with E-state index in [9.17, 15) is 9.59 Å². The Labute approximate surface area is 117 Å². The predicted molar refractivity (Wildman–Crippen MR) is 75.0 cm³/mol. The summed E-state index contributed by atoms with van der Waals surface area (Å²) >= 11 is 0. The van der Waals surface area contributed by atoms with Gasteiger partial charge < -0.3 is 15.2 Å². The number of carbonyl (C=O) groups excluding carboxylic acids is 1. The molecular weight excluding hydrogens is 258 g/mol. The maximum Gasteiger partial charge on any atom is 0.336 e. The van der Waals surface area contributed by atoms with Crippen LogP contribution < -0.4 is 5.32 Å². The van der Waals surface area contributed by atoms with Crippen molar-refractivity contribution < 1.29 is 19.4 Å². The van der Waals surface area contributed by atoms with Crippen LogP contribution in [0.15, 0.2) is 12.1 Å². The number of amides is 1. The quantitative estimate of drug-likeness (QED) is 0.889. The van der Waals surface area contributed by atoms with Gasteiger partial charge in [0.25, 0.3) is 0 Å². The van der Waals surface area contributed by atoms with Gasteiger partial charge in [0.15, 0.2) is 0 Å². The fraction of sp³-hybridized carbons (Fsp3) is 0.467. The van der Waals surface area contributed by atoms with Gasteiger partial charge in [-0.1, -0.05) is 6.07 Å². The van der Waals surface area contributed by atoms with Crippen molar-refractivity contribution in [2.24, 2.45) is 5.92 Å². The molecule has 2 N–H and O–H groups in total. The molecular formula is C15H19NO4. The van der Waals surface area contributed by atoms with E-state index in [-0.39, 0.29) is 17.4 Å². The molecule has 0 radical (unpaired) electrons. The minimum Gasteiger partial charge on any atom is -0.478 e. The fourth-order valence-corrected chi connectivity index (χ4v) is 2.40. The lowest BCUT2D eigenvalue weighted by atomic mass is 10.00. The summed E-state index contributed by atoms with van der Waals surface area (Å²) in [5.41, 5.74) is 2.32. The van der Waals surface area contributed by atoms with Gasteiger partial charge in [-0.15, -0.1) is 0 Å². The summed E-state index contributed by atoms with van der Waals surface area (Å²) in [4.78, 5) is 23.3. The van der Waals surface area contributed by atoms with Crippen molar-refractivity contribution in [1.29, 1.82) is 0 Å². The van der Waals surface area contributed by atoms with Crippen molar-refractivity contribution in [2.45, 2.75) is 26.7 Å². The number of benzene rings is 1. The number of rotatable bonds is 3. The van der Waals surface area contributed by atoms with Gasteiger partial charge in [-0.2, -0.15) is 0 Å². The first kappa shape index (κ1) is 14.5. The van der Waals surface area contributed by atoms with Gasteiger partial charge in [0.1, 0.15) is 0 Å². The van der Waals surface area contributed by atoms with Crippen LogP contribution in [0.25, 0.3) is 0 Å². The number of aromatic carboxylic acids is 1. The van der Waals surface area contributed by atoms with E-state index >= 15 is 0 Å². The summed E-state index contributed by atoms with van der Waals surface area (Å²) < 4.78 is 5.30. The zero-order chi connectivity index (χ0) is 14.7. The van der Waals surface area contributed by atoms with Gasteiger partial charge in [-0.05, 0) is 43.9 Å². The number of hydrogen-bond donors (Lipinski definition) is 2. The molecule has 108 valence electrons. The first-order valence-corrected chi connectivity index (χ1v) is 6.72. The Balaban J connectivity index is 2.18. The second-order valence-electron chi connectivity index (χ2n) is 5.19. The molecule has 2 rings (SSSR count). The third-order valence-corrected chi connectivity index (χ3v) is 3.59. The van der Waals surface area contributed by atoms with Crippen LogP contribution in [0.3, 0.4) is 0 Å². The van der Waals surface area contributed by atoms with Crippen molar-refractivity contribution in [3.05, 3.63) is 28.8 Å². The molecule has 1 aromatic rings. The molecule has 0 aliphatic carbocycles. The third-order valence-electron chi connectivity index (χ3n) is 3.59. The Hall–Kier alpha value is -1.88. The van der Waals surface area contributed by atoms with E-state index in [1.54, 1.807) is 13.0 Å². The Bertz CT molecular complexity index is 533. The van der Waals surface area contributed by atoms with E-state index in [4.69, 9.17) is 9.84 Å². The SMILES string of the molecule is Cc1cc(C)c(C(=O)O)cc1NC(=O)C1CCCOC1. The smallest absolute Gasteiger partial charge is 0.336 e. The van der Waals surface area contributed by atoms with E-state index in [1.165, 1.54) is 6.07 Å². The molecule has 0 spiro atoms. The molecule has 0 bridgehead atoms. The summed E-state index contributed by atoms with van der Waals surface area (Å²) in [5, 5.41) is 12.0. The molecule has 1 atom stereocenters. The van der Waals surface area contributed by atoms with Crippen LogP contribution in [0.5, 0.6) is 0 Å². The molecule has 1 aromatic carbocycles. The number of carboxylic acids is 1. The van der Waals surface area contributed by atoms with Crippen molar-refractivity contribution in [3.63, 3.8) is 0 Å². The van der Waals surface area contributed by atoms with Crippen molar-refractivity contribution >= 4 is 17.6 Å². The van der Waals surface area contributed by atoms with Crippen molar-refractivity contribution in [1.82, 2.24) is 0 Å². The summed E-state index contributed by atoms with van der Waals surface area (Å²) in [6, 6.07) is 3.30. The van der Waals surface area contributed by atoms with Crippen molar-refractivity contribution in [3.8, 4) is 0 Å². The topological polar surface area (TPSA) is 75.6 Å². The lowest BCUT2D eigenvalue weighted by Gasteiger charge is -2.22. The third kappa shape index (κ3) is 3.17. The zero-order valence-electron chi connectivity index (χ0n) is 11.7. The van der Waals surface area contributed by atoms with Gasteiger partial charge in [-0.25, -0.2) is 4.79 Å². The first-order valence-electron chi connectivity index (χ1n) is 6.72. The lowest BCUT2D eigenvalue weighted by molar-refractivity contribution is -0.123. The summed E-state index contributed by atoms with van der Waals surface area (Å²) in [5.74, 6) is -1.25. The van der Waals surface area contributed by atoms with Gasteiger partial charge in [-0.3, -0.25) is 4.79 Å². The maximum absolute atomic E-state index is 12.1. The molecule has 1 saturated heterocycles. The van der Waals surface area contributed by atoms with Gasteiger partial charge in [0.05, 0.1) is 18.1 Å². The van der Waals surface area contributed by atoms with E-state index in [1.807, 2.05) is 6.92 Å².